The molecule has 4 N–H and O–H groups in total. The topological polar surface area (TPSA) is 86.9 Å². The zero-order chi connectivity index (χ0) is 11.6. The number of aryl methyl sites for hydroxylation is 1. The van der Waals surface area contributed by atoms with Crippen LogP contribution in [0.25, 0.3) is 0 Å². The molecule has 0 unspecified atom stereocenters. The summed E-state index contributed by atoms with van der Waals surface area (Å²) in [5.41, 5.74) is 11.4. The van der Waals surface area contributed by atoms with E-state index in [1.807, 2.05) is 0 Å². The molecule has 1 rings (SSSR count). The van der Waals surface area contributed by atoms with E-state index >= 15 is 0 Å². The molecule has 15 heavy (non-hydrogen) atoms. The molecule has 1 aromatic heterocycles. The van der Waals surface area contributed by atoms with Crippen molar-refractivity contribution in [3.05, 3.63) is 11.9 Å². The molecule has 0 aromatic carbocycles. The van der Waals surface area contributed by atoms with Crippen LogP contribution in [0.5, 0.6) is 0 Å². The number of nitrogen functional groups attached to an aromatic ring is 1. The van der Waals surface area contributed by atoms with Gasteiger partial charge in [0.05, 0.1) is 5.69 Å². The van der Waals surface area contributed by atoms with Gasteiger partial charge in [0.2, 0.25) is 0 Å². The summed E-state index contributed by atoms with van der Waals surface area (Å²) in [7, 11) is 0. The molecule has 0 spiro atoms. The van der Waals surface area contributed by atoms with Gasteiger partial charge in [-0.05, 0) is 11.8 Å². The van der Waals surface area contributed by atoms with Crippen molar-refractivity contribution in [2.45, 2.75) is 33.7 Å². The van der Waals surface area contributed by atoms with E-state index < -0.39 is 5.91 Å². The second kappa shape index (κ2) is 3.92. The van der Waals surface area contributed by atoms with Gasteiger partial charge in [0.15, 0.2) is 5.69 Å². The van der Waals surface area contributed by atoms with E-state index in [0.29, 0.717) is 5.69 Å². The average Bonchev–Trinajstić information content (AvgIpc) is 2.42. The summed E-state index contributed by atoms with van der Waals surface area (Å²) in [5.74, 6) is -0.581. The molecule has 1 heterocycles. The minimum Gasteiger partial charge on any atom is -0.396 e. The van der Waals surface area contributed by atoms with Gasteiger partial charge in [-0.15, -0.1) is 0 Å². The van der Waals surface area contributed by atoms with Gasteiger partial charge in [-0.25, -0.2) is 0 Å². The number of carbonyl (C=O) groups excluding carboxylic acids is 1. The fraction of sp³-hybridized carbons (Fsp3) is 0.600. The molecule has 0 aliphatic carbocycles. The highest BCUT2D eigenvalue weighted by atomic mass is 16.1. The molecule has 0 bridgehead atoms. The van der Waals surface area contributed by atoms with Crippen LogP contribution in [0.1, 0.15) is 37.7 Å². The summed E-state index contributed by atoms with van der Waals surface area (Å²) in [6, 6.07) is 0. The molecule has 84 valence electrons. The van der Waals surface area contributed by atoms with E-state index in [1.165, 1.54) is 0 Å². The first-order valence-electron chi connectivity index (χ1n) is 4.92. The van der Waals surface area contributed by atoms with Gasteiger partial charge in [-0.1, -0.05) is 20.8 Å². The Kier molecular flexibility index (Phi) is 3.02. The number of carbonyl (C=O) groups is 1. The van der Waals surface area contributed by atoms with Crippen LogP contribution in [-0.4, -0.2) is 15.7 Å². The predicted molar refractivity (Wildman–Crippen MR) is 59.2 cm³/mol. The van der Waals surface area contributed by atoms with Crippen LogP contribution in [0.4, 0.5) is 5.69 Å². The number of amides is 1. The van der Waals surface area contributed by atoms with E-state index in [0.717, 1.165) is 13.0 Å². The smallest absolute Gasteiger partial charge is 0.271 e. The van der Waals surface area contributed by atoms with E-state index in [-0.39, 0.29) is 11.1 Å². The number of hydrogen-bond donors (Lipinski definition) is 2. The Balaban J connectivity index is 2.72. The number of hydrogen-bond acceptors (Lipinski definition) is 3. The first kappa shape index (κ1) is 11.6. The van der Waals surface area contributed by atoms with Crippen LogP contribution >= 0.6 is 0 Å². The van der Waals surface area contributed by atoms with Crippen LogP contribution in [-0.2, 0) is 6.54 Å². The first-order chi connectivity index (χ1) is 6.79. The summed E-state index contributed by atoms with van der Waals surface area (Å²) in [6.07, 6.45) is 2.61. The van der Waals surface area contributed by atoms with Crippen LogP contribution < -0.4 is 11.5 Å². The molecule has 1 amide bonds. The van der Waals surface area contributed by atoms with E-state index in [4.69, 9.17) is 11.5 Å². The van der Waals surface area contributed by atoms with Crippen molar-refractivity contribution in [1.29, 1.82) is 0 Å². The van der Waals surface area contributed by atoms with Crippen molar-refractivity contribution in [1.82, 2.24) is 9.78 Å². The Labute approximate surface area is 89.4 Å². The number of aromatic nitrogens is 2. The number of nitrogens with zero attached hydrogens (tertiary/aromatic N) is 2. The minimum atomic E-state index is -0.581. The fourth-order valence-electron chi connectivity index (χ4n) is 1.19. The summed E-state index contributed by atoms with van der Waals surface area (Å²) in [5, 5.41) is 4.03. The third-order valence-electron chi connectivity index (χ3n) is 2.11. The summed E-state index contributed by atoms with van der Waals surface area (Å²) < 4.78 is 1.67. The predicted octanol–water partition coefficient (Wildman–Crippen LogP) is 1.00. The van der Waals surface area contributed by atoms with Crippen molar-refractivity contribution >= 4 is 11.6 Å². The lowest BCUT2D eigenvalue weighted by atomic mass is 9.92. The zero-order valence-electron chi connectivity index (χ0n) is 9.45. The number of nitrogens with two attached hydrogens (primary N) is 2. The minimum absolute atomic E-state index is 0.156. The Morgan fingerprint density at radius 1 is 1.53 bits per heavy atom. The number of rotatable bonds is 3. The molecule has 1 aromatic rings. The van der Waals surface area contributed by atoms with Crippen LogP contribution in [0.15, 0.2) is 6.20 Å². The lowest BCUT2D eigenvalue weighted by Crippen LogP contribution is -2.15. The molecule has 0 aliphatic rings. The third-order valence-corrected chi connectivity index (χ3v) is 2.11. The molecule has 0 saturated carbocycles. The lowest BCUT2D eigenvalue weighted by Gasteiger charge is -2.17. The third kappa shape index (κ3) is 3.27. The highest BCUT2D eigenvalue weighted by Crippen LogP contribution is 2.19. The largest absolute Gasteiger partial charge is 0.396 e. The molecule has 5 nitrogen and oxygen atoms in total. The summed E-state index contributed by atoms with van der Waals surface area (Å²) >= 11 is 0. The van der Waals surface area contributed by atoms with Crippen molar-refractivity contribution in [2.75, 3.05) is 5.73 Å². The number of anilines is 1. The molecule has 0 atom stereocenters. The monoisotopic (exact) mass is 210 g/mol. The van der Waals surface area contributed by atoms with Crippen LogP contribution in [0.2, 0.25) is 0 Å². The molecule has 5 heteroatoms. The van der Waals surface area contributed by atoms with Crippen molar-refractivity contribution < 1.29 is 4.79 Å². The number of primary amides is 1. The normalized spacial score (nSPS) is 11.7. The molecule has 0 saturated heterocycles. The Morgan fingerprint density at radius 3 is 2.53 bits per heavy atom. The fourth-order valence-corrected chi connectivity index (χ4v) is 1.19. The summed E-state index contributed by atoms with van der Waals surface area (Å²) in [4.78, 5) is 10.9. The summed E-state index contributed by atoms with van der Waals surface area (Å²) in [6.45, 7) is 7.18. The van der Waals surface area contributed by atoms with E-state index in [1.54, 1.807) is 10.9 Å². The highest BCUT2D eigenvalue weighted by molar-refractivity contribution is 5.95. The maximum Gasteiger partial charge on any atom is 0.271 e. The molecular formula is C10H18N4O. The Bertz CT molecular complexity index is 362. The molecule has 0 aliphatic heterocycles. The SMILES string of the molecule is CC(C)(C)CCn1cc(N)c(C(N)=O)n1. The molecule has 0 radical (unpaired) electrons. The zero-order valence-corrected chi connectivity index (χ0v) is 9.45. The van der Waals surface area contributed by atoms with Gasteiger partial charge in [-0.2, -0.15) is 5.10 Å². The quantitative estimate of drug-likeness (QED) is 0.780. The van der Waals surface area contributed by atoms with Crippen molar-refractivity contribution in [2.24, 2.45) is 11.1 Å². The van der Waals surface area contributed by atoms with Gasteiger partial charge < -0.3 is 11.5 Å². The van der Waals surface area contributed by atoms with Gasteiger partial charge in [0, 0.05) is 12.7 Å². The Morgan fingerprint density at radius 2 is 2.13 bits per heavy atom. The van der Waals surface area contributed by atoms with Crippen LogP contribution in [0, 0.1) is 5.41 Å². The van der Waals surface area contributed by atoms with Crippen LogP contribution in [0.3, 0.4) is 0 Å². The van der Waals surface area contributed by atoms with Gasteiger partial charge in [0.1, 0.15) is 0 Å². The highest BCUT2D eigenvalue weighted by Gasteiger charge is 2.14. The second-order valence-corrected chi connectivity index (χ2v) is 4.87. The van der Waals surface area contributed by atoms with E-state index in [9.17, 15) is 4.79 Å². The van der Waals surface area contributed by atoms with Gasteiger partial charge >= 0.3 is 0 Å². The molecular weight excluding hydrogens is 192 g/mol. The lowest BCUT2D eigenvalue weighted by molar-refractivity contribution is 0.0995. The van der Waals surface area contributed by atoms with Crippen molar-refractivity contribution in [3.8, 4) is 0 Å². The van der Waals surface area contributed by atoms with Gasteiger partial charge in [-0.3, -0.25) is 9.48 Å². The standard InChI is InChI=1S/C10H18N4O/c1-10(2,3)4-5-14-6-7(11)8(13-14)9(12)15/h6H,4-5,11H2,1-3H3,(H2,12,15). The Hall–Kier alpha value is -1.52. The maximum atomic E-state index is 10.9. The van der Waals surface area contributed by atoms with Crippen molar-refractivity contribution in [3.63, 3.8) is 0 Å². The first-order valence-corrected chi connectivity index (χ1v) is 4.92. The second-order valence-electron chi connectivity index (χ2n) is 4.87. The van der Waals surface area contributed by atoms with E-state index in [2.05, 4.69) is 25.9 Å². The average molecular weight is 210 g/mol. The van der Waals surface area contributed by atoms with Gasteiger partial charge in [0.25, 0.3) is 5.91 Å². The molecule has 0 fully saturated rings. The maximum absolute atomic E-state index is 10.9.